The van der Waals surface area contributed by atoms with E-state index in [1.807, 2.05) is 19.1 Å². The van der Waals surface area contributed by atoms with Gasteiger partial charge < -0.3 is 10.4 Å². The number of rotatable bonds is 3. The number of benzene rings is 1. The van der Waals surface area contributed by atoms with Crippen molar-refractivity contribution in [1.29, 1.82) is 0 Å². The van der Waals surface area contributed by atoms with Crippen molar-refractivity contribution in [3.8, 4) is 11.8 Å². The molecule has 0 fully saturated rings. The highest BCUT2D eigenvalue weighted by molar-refractivity contribution is 7.09. The van der Waals surface area contributed by atoms with Crippen LogP contribution in [0.3, 0.4) is 0 Å². The molecule has 2 aromatic rings. The van der Waals surface area contributed by atoms with E-state index in [0.29, 0.717) is 17.7 Å². The van der Waals surface area contributed by atoms with Crippen molar-refractivity contribution in [2.45, 2.75) is 13.5 Å². The lowest BCUT2D eigenvalue weighted by molar-refractivity contribution is 0.0950. The minimum absolute atomic E-state index is 0.136. The van der Waals surface area contributed by atoms with Gasteiger partial charge in [-0.15, -0.1) is 11.3 Å². The summed E-state index contributed by atoms with van der Waals surface area (Å²) in [6.07, 6.45) is 1.74. The number of aromatic nitrogens is 1. The molecule has 1 amide bonds. The average molecular weight is 286 g/mol. The Bertz CT molecular complexity index is 654. The van der Waals surface area contributed by atoms with Gasteiger partial charge in [-0.1, -0.05) is 17.9 Å². The standard InChI is InChI=1S/C15H14N2O2S/c1-11-4-5-12(3-2-6-18)7-14(11)15(19)17-9-13-8-16-10-20-13/h4-5,7-8,10,18H,6,9H2,1H3,(H,17,19). The van der Waals surface area contributed by atoms with Gasteiger partial charge in [-0.05, 0) is 24.6 Å². The number of amides is 1. The van der Waals surface area contributed by atoms with Gasteiger partial charge in [0.2, 0.25) is 0 Å². The highest BCUT2D eigenvalue weighted by Gasteiger charge is 2.09. The molecule has 0 saturated heterocycles. The molecule has 0 saturated carbocycles. The topological polar surface area (TPSA) is 62.2 Å². The van der Waals surface area contributed by atoms with E-state index in [1.165, 1.54) is 11.3 Å². The first-order valence-electron chi connectivity index (χ1n) is 6.06. The van der Waals surface area contributed by atoms with Gasteiger partial charge in [0, 0.05) is 22.2 Å². The van der Waals surface area contributed by atoms with Crippen LogP contribution in [-0.2, 0) is 6.54 Å². The lowest BCUT2D eigenvalue weighted by atomic mass is 10.0. The van der Waals surface area contributed by atoms with Crippen molar-refractivity contribution in [3.63, 3.8) is 0 Å². The number of aryl methyl sites for hydroxylation is 1. The third kappa shape index (κ3) is 3.67. The lowest BCUT2D eigenvalue weighted by Crippen LogP contribution is -2.23. The van der Waals surface area contributed by atoms with E-state index >= 15 is 0 Å². The molecule has 0 unspecified atom stereocenters. The lowest BCUT2D eigenvalue weighted by Gasteiger charge is -2.07. The van der Waals surface area contributed by atoms with Crippen LogP contribution in [0.1, 0.15) is 26.4 Å². The third-order valence-corrected chi connectivity index (χ3v) is 3.48. The van der Waals surface area contributed by atoms with Crippen LogP contribution in [0.5, 0.6) is 0 Å². The summed E-state index contributed by atoms with van der Waals surface area (Å²) in [5.74, 6) is 5.23. The summed E-state index contributed by atoms with van der Waals surface area (Å²) in [4.78, 5) is 17.1. The molecule has 0 aliphatic rings. The quantitative estimate of drug-likeness (QED) is 0.845. The van der Waals surface area contributed by atoms with Crippen molar-refractivity contribution in [2.75, 3.05) is 6.61 Å². The Kier molecular flexibility index (Phi) is 4.88. The van der Waals surface area contributed by atoms with Crippen molar-refractivity contribution in [3.05, 3.63) is 51.5 Å². The maximum absolute atomic E-state index is 12.2. The minimum Gasteiger partial charge on any atom is -0.384 e. The molecule has 2 rings (SSSR count). The first-order valence-corrected chi connectivity index (χ1v) is 6.94. The maximum atomic E-state index is 12.2. The van der Waals surface area contributed by atoms with Gasteiger partial charge in [-0.25, -0.2) is 0 Å². The summed E-state index contributed by atoms with van der Waals surface area (Å²) in [5.41, 5.74) is 3.94. The number of thiazole rings is 1. The first kappa shape index (κ1) is 14.3. The molecule has 0 radical (unpaired) electrons. The van der Waals surface area contributed by atoms with Gasteiger partial charge >= 0.3 is 0 Å². The van der Waals surface area contributed by atoms with Gasteiger partial charge in [-0.2, -0.15) is 0 Å². The normalized spacial score (nSPS) is 9.70. The summed E-state index contributed by atoms with van der Waals surface area (Å²) in [6, 6.07) is 5.42. The Labute approximate surface area is 121 Å². The fourth-order valence-corrected chi connectivity index (χ4v) is 2.21. The summed E-state index contributed by atoms with van der Waals surface area (Å²) in [7, 11) is 0. The molecule has 0 aliphatic carbocycles. The van der Waals surface area contributed by atoms with E-state index in [0.717, 1.165) is 10.4 Å². The van der Waals surface area contributed by atoms with Crippen molar-refractivity contribution in [1.82, 2.24) is 10.3 Å². The smallest absolute Gasteiger partial charge is 0.251 e. The van der Waals surface area contributed by atoms with Gasteiger partial charge in [0.25, 0.3) is 5.91 Å². The number of nitrogens with zero attached hydrogens (tertiary/aromatic N) is 1. The SMILES string of the molecule is Cc1ccc(C#CCO)cc1C(=O)NCc1cncs1. The van der Waals surface area contributed by atoms with E-state index in [2.05, 4.69) is 22.1 Å². The van der Waals surface area contributed by atoms with Crippen LogP contribution in [0.4, 0.5) is 0 Å². The fourth-order valence-electron chi connectivity index (χ4n) is 1.68. The second-order valence-corrected chi connectivity index (χ2v) is 5.11. The zero-order valence-corrected chi connectivity index (χ0v) is 11.8. The van der Waals surface area contributed by atoms with Crippen molar-refractivity contribution < 1.29 is 9.90 Å². The van der Waals surface area contributed by atoms with Crippen LogP contribution < -0.4 is 5.32 Å². The molecule has 1 aromatic heterocycles. The summed E-state index contributed by atoms with van der Waals surface area (Å²) in [5, 5.41) is 11.6. The average Bonchev–Trinajstić information content (AvgIpc) is 2.97. The van der Waals surface area contributed by atoms with Crippen LogP contribution in [0.25, 0.3) is 0 Å². The molecule has 20 heavy (non-hydrogen) atoms. The van der Waals surface area contributed by atoms with Crippen molar-refractivity contribution >= 4 is 17.2 Å². The molecule has 1 aromatic carbocycles. The maximum Gasteiger partial charge on any atom is 0.251 e. The molecule has 0 bridgehead atoms. The fraction of sp³-hybridized carbons (Fsp3) is 0.200. The number of hydrogen-bond donors (Lipinski definition) is 2. The van der Waals surface area contributed by atoms with E-state index in [4.69, 9.17) is 5.11 Å². The number of carbonyl (C=O) groups is 1. The summed E-state index contributed by atoms with van der Waals surface area (Å²) in [6.45, 7) is 2.15. The van der Waals surface area contributed by atoms with Gasteiger partial charge in [0.1, 0.15) is 6.61 Å². The first-order chi connectivity index (χ1) is 9.70. The molecule has 5 heteroatoms. The molecule has 4 nitrogen and oxygen atoms in total. The number of hydrogen-bond acceptors (Lipinski definition) is 4. The third-order valence-electron chi connectivity index (χ3n) is 2.70. The van der Waals surface area contributed by atoms with Crippen LogP contribution in [0.2, 0.25) is 0 Å². The second-order valence-electron chi connectivity index (χ2n) is 4.14. The number of nitrogens with one attached hydrogen (secondary N) is 1. The van der Waals surface area contributed by atoms with Crippen LogP contribution >= 0.6 is 11.3 Å². The highest BCUT2D eigenvalue weighted by Crippen LogP contribution is 2.11. The summed E-state index contributed by atoms with van der Waals surface area (Å²) < 4.78 is 0. The Hall–Kier alpha value is -2.16. The number of carbonyl (C=O) groups excluding carboxylic acids is 1. The minimum atomic E-state index is -0.194. The monoisotopic (exact) mass is 286 g/mol. The Balaban J connectivity index is 2.12. The molecule has 0 atom stereocenters. The Morgan fingerprint density at radius 2 is 2.35 bits per heavy atom. The number of aliphatic hydroxyl groups is 1. The Morgan fingerprint density at radius 1 is 1.50 bits per heavy atom. The highest BCUT2D eigenvalue weighted by atomic mass is 32.1. The predicted octanol–water partition coefficient (Wildman–Crippen LogP) is 1.73. The van der Waals surface area contributed by atoms with E-state index in [1.54, 1.807) is 17.8 Å². The van der Waals surface area contributed by atoms with Crippen LogP contribution in [-0.4, -0.2) is 22.6 Å². The molecule has 0 aliphatic heterocycles. The molecule has 2 N–H and O–H groups in total. The van der Waals surface area contributed by atoms with Crippen LogP contribution in [0.15, 0.2) is 29.9 Å². The largest absolute Gasteiger partial charge is 0.384 e. The molecule has 1 heterocycles. The zero-order valence-electron chi connectivity index (χ0n) is 11.0. The Morgan fingerprint density at radius 3 is 3.05 bits per heavy atom. The zero-order chi connectivity index (χ0) is 14.4. The van der Waals surface area contributed by atoms with Gasteiger partial charge in [0.05, 0.1) is 12.1 Å². The predicted molar refractivity (Wildman–Crippen MR) is 78.4 cm³/mol. The molecule has 0 spiro atoms. The molecular weight excluding hydrogens is 272 g/mol. The molecule has 102 valence electrons. The second kappa shape index (κ2) is 6.85. The summed E-state index contributed by atoms with van der Waals surface area (Å²) >= 11 is 1.50. The van der Waals surface area contributed by atoms with Crippen molar-refractivity contribution in [2.24, 2.45) is 0 Å². The van der Waals surface area contributed by atoms with E-state index in [9.17, 15) is 4.79 Å². The van der Waals surface area contributed by atoms with Gasteiger partial charge in [-0.3, -0.25) is 9.78 Å². The van der Waals surface area contributed by atoms with E-state index < -0.39 is 0 Å². The van der Waals surface area contributed by atoms with Crippen LogP contribution in [0, 0.1) is 18.8 Å². The van der Waals surface area contributed by atoms with E-state index in [-0.39, 0.29) is 12.5 Å². The number of aliphatic hydroxyl groups excluding tert-OH is 1. The van der Waals surface area contributed by atoms with Gasteiger partial charge in [0.15, 0.2) is 0 Å². The molecular formula is C15H14N2O2S.